The molecular weight excluding hydrogens is 402 g/mol. The van der Waals surface area contributed by atoms with E-state index in [2.05, 4.69) is 0 Å². The Morgan fingerprint density at radius 1 is 0.968 bits per heavy atom. The van der Waals surface area contributed by atoms with Crippen LogP contribution in [0, 0.1) is 17.8 Å². The second-order valence-electron chi connectivity index (χ2n) is 7.81. The van der Waals surface area contributed by atoms with Gasteiger partial charge in [0.1, 0.15) is 5.92 Å². The summed E-state index contributed by atoms with van der Waals surface area (Å²) in [4.78, 5) is 52.8. The fraction of sp³-hybridized carbons (Fsp3) is 0.478. The van der Waals surface area contributed by atoms with Crippen molar-refractivity contribution in [2.45, 2.75) is 32.8 Å². The van der Waals surface area contributed by atoms with E-state index in [0.29, 0.717) is 17.7 Å². The van der Waals surface area contributed by atoms with Crippen LogP contribution in [0.2, 0.25) is 0 Å². The van der Waals surface area contributed by atoms with Crippen molar-refractivity contribution < 1.29 is 33.4 Å². The van der Waals surface area contributed by atoms with Gasteiger partial charge in [0, 0.05) is 0 Å². The van der Waals surface area contributed by atoms with E-state index in [-0.39, 0.29) is 38.1 Å². The molecule has 3 aliphatic rings. The Kier molecular flexibility index (Phi) is 5.91. The number of amides is 2. The number of rotatable bonds is 5. The monoisotopic (exact) mass is 427 g/mol. The number of ether oxygens (including phenoxy) is 3. The Balaban J connectivity index is 1.66. The van der Waals surface area contributed by atoms with E-state index < -0.39 is 35.8 Å². The maximum absolute atomic E-state index is 13.2. The van der Waals surface area contributed by atoms with Crippen LogP contribution < -0.4 is 4.90 Å². The molecule has 0 spiro atoms. The first-order valence-corrected chi connectivity index (χ1v) is 10.6. The average molecular weight is 427 g/mol. The minimum atomic E-state index is -1.12. The number of fused-ring (bicyclic) bond motifs is 1. The lowest BCUT2D eigenvalue weighted by Gasteiger charge is -2.37. The summed E-state index contributed by atoms with van der Waals surface area (Å²) in [5.74, 6) is -3.79. The second-order valence-corrected chi connectivity index (χ2v) is 7.81. The van der Waals surface area contributed by atoms with Gasteiger partial charge in [0.05, 0.1) is 37.3 Å². The molecule has 4 rings (SSSR count). The van der Waals surface area contributed by atoms with Crippen LogP contribution in [0.1, 0.15) is 26.7 Å². The Hall–Kier alpha value is -3.00. The standard InChI is InChI=1S/C23H25NO7/c1-3-29-22(27)18-15-11-17-16(10-13(15)12-31-19(18)23(28)30-4-2)20(25)24(21(17)26)14-8-6-5-7-9-14/h5-9,16-19H,3-4,10-12H2,1-2H3. The number of carbonyl (C=O) groups is 4. The van der Waals surface area contributed by atoms with E-state index in [4.69, 9.17) is 14.2 Å². The van der Waals surface area contributed by atoms with Gasteiger partial charge in [-0.2, -0.15) is 0 Å². The van der Waals surface area contributed by atoms with Gasteiger partial charge in [0.25, 0.3) is 0 Å². The number of hydrogen-bond donors (Lipinski definition) is 0. The molecule has 0 aromatic heterocycles. The molecule has 1 aromatic carbocycles. The smallest absolute Gasteiger partial charge is 0.336 e. The van der Waals surface area contributed by atoms with Gasteiger partial charge in [-0.15, -0.1) is 0 Å². The van der Waals surface area contributed by atoms with Crippen LogP contribution in [-0.4, -0.2) is 49.7 Å². The van der Waals surface area contributed by atoms with Crippen molar-refractivity contribution in [1.82, 2.24) is 0 Å². The summed E-state index contributed by atoms with van der Waals surface area (Å²) >= 11 is 0. The quantitative estimate of drug-likeness (QED) is 0.403. The summed E-state index contributed by atoms with van der Waals surface area (Å²) in [5, 5.41) is 0. The first kappa shape index (κ1) is 21.2. The first-order chi connectivity index (χ1) is 15.0. The summed E-state index contributed by atoms with van der Waals surface area (Å²) in [7, 11) is 0. The molecule has 31 heavy (non-hydrogen) atoms. The van der Waals surface area contributed by atoms with Crippen LogP contribution in [0.4, 0.5) is 5.69 Å². The minimum Gasteiger partial charge on any atom is -0.465 e. The summed E-state index contributed by atoms with van der Waals surface area (Å²) in [6.45, 7) is 3.79. The minimum absolute atomic E-state index is 0.116. The summed E-state index contributed by atoms with van der Waals surface area (Å²) < 4.78 is 16.0. The van der Waals surface area contributed by atoms with Crippen LogP contribution in [0.5, 0.6) is 0 Å². The Morgan fingerprint density at radius 2 is 1.58 bits per heavy atom. The maximum atomic E-state index is 13.2. The van der Waals surface area contributed by atoms with E-state index >= 15 is 0 Å². The number of anilines is 1. The van der Waals surface area contributed by atoms with Crippen LogP contribution in [0.15, 0.2) is 41.5 Å². The maximum Gasteiger partial charge on any atom is 0.336 e. The SMILES string of the molecule is CCOC(=O)C1OCC2=C(CC3C(=O)N(c4ccccc4)C(=O)C3C2)C1C(=O)OCC. The Labute approximate surface area is 180 Å². The van der Waals surface area contributed by atoms with Crippen LogP contribution in [0.3, 0.4) is 0 Å². The van der Waals surface area contributed by atoms with E-state index in [1.165, 1.54) is 4.90 Å². The highest BCUT2D eigenvalue weighted by atomic mass is 16.6. The van der Waals surface area contributed by atoms with Crippen LogP contribution in [-0.2, 0) is 33.4 Å². The fourth-order valence-corrected chi connectivity index (χ4v) is 4.75. The van der Waals surface area contributed by atoms with Crippen LogP contribution >= 0.6 is 0 Å². The normalized spacial score (nSPS) is 27.6. The molecule has 4 unspecified atom stereocenters. The molecule has 2 aliphatic heterocycles. The average Bonchev–Trinajstić information content (AvgIpc) is 3.01. The molecule has 0 saturated carbocycles. The predicted octanol–water partition coefficient (Wildman–Crippen LogP) is 2.02. The summed E-state index contributed by atoms with van der Waals surface area (Å²) in [5.41, 5.74) is 1.99. The van der Waals surface area contributed by atoms with Crippen molar-refractivity contribution in [3.05, 3.63) is 41.5 Å². The zero-order valence-corrected chi connectivity index (χ0v) is 17.5. The van der Waals surface area contributed by atoms with Crippen molar-refractivity contribution in [3.63, 3.8) is 0 Å². The topological polar surface area (TPSA) is 99.2 Å². The first-order valence-electron chi connectivity index (χ1n) is 10.6. The third kappa shape index (κ3) is 3.65. The van der Waals surface area contributed by atoms with Crippen molar-refractivity contribution in [2.24, 2.45) is 17.8 Å². The lowest BCUT2D eigenvalue weighted by Crippen LogP contribution is -2.46. The summed E-state index contributed by atoms with van der Waals surface area (Å²) in [6, 6.07) is 8.81. The van der Waals surface area contributed by atoms with E-state index in [1.54, 1.807) is 38.1 Å². The molecule has 0 N–H and O–H groups in total. The van der Waals surface area contributed by atoms with Crippen molar-refractivity contribution in [3.8, 4) is 0 Å². The number of hydrogen-bond acceptors (Lipinski definition) is 7. The number of benzene rings is 1. The lowest BCUT2D eigenvalue weighted by atomic mass is 9.71. The van der Waals surface area contributed by atoms with Gasteiger partial charge in [-0.1, -0.05) is 23.8 Å². The van der Waals surface area contributed by atoms with Crippen molar-refractivity contribution >= 4 is 29.4 Å². The van der Waals surface area contributed by atoms with Gasteiger partial charge in [0.2, 0.25) is 11.8 Å². The largest absolute Gasteiger partial charge is 0.465 e. The van der Waals surface area contributed by atoms with E-state index in [9.17, 15) is 19.2 Å². The number of para-hydroxylation sites is 1. The Bertz CT molecular complexity index is 939. The molecule has 0 radical (unpaired) electrons. The van der Waals surface area contributed by atoms with Crippen molar-refractivity contribution in [1.29, 1.82) is 0 Å². The molecule has 4 atom stereocenters. The molecule has 2 amide bonds. The zero-order valence-electron chi connectivity index (χ0n) is 17.5. The zero-order chi connectivity index (χ0) is 22.1. The summed E-state index contributed by atoms with van der Waals surface area (Å²) in [6.07, 6.45) is -0.581. The number of carbonyl (C=O) groups excluding carboxylic acids is 4. The number of imide groups is 1. The third-order valence-electron chi connectivity index (χ3n) is 6.11. The molecule has 1 saturated heterocycles. The van der Waals surface area contributed by atoms with Crippen molar-refractivity contribution in [2.75, 3.05) is 24.7 Å². The highest BCUT2D eigenvalue weighted by Gasteiger charge is 2.54. The lowest BCUT2D eigenvalue weighted by molar-refractivity contribution is -0.170. The predicted molar refractivity (Wildman–Crippen MR) is 109 cm³/mol. The van der Waals surface area contributed by atoms with Gasteiger partial charge < -0.3 is 14.2 Å². The van der Waals surface area contributed by atoms with E-state index in [1.807, 2.05) is 6.07 Å². The van der Waals surface area contributed by atoms with E-state index in [0.717, 1.165) is 5.57 Å². The molecule has 2 heterocycles. The molecule has 0 bridgehead atoms. The van der Waals surface area contributed by atoms with Crippen LogP contribution in [0.25, 0.3) is 0 Å². The van der Waals surface area contributed by atoms with Gasteiger partial charge >= 0.3 is 11.9 Å². The number of nitrogens with zero attached hydrogens (tertiary/aromatic N) is 1. The molecule has 164 valence electrons. The molecule has 8 nitrogen and oxygen atoms in total. The molecule has 1 aliphatic carbocycles. The Morgan fingerprint density at radius 3 is 2.23 bits per heavy atom. The highest BCUT2D eigenvalue weighted by molar-refractivity contribution is 6.22. The highest BCUT2D eigenvalue weighted by Crippen LogP contribution is 2.47. The fourth-order valence-electron chi connectivity index (χ4n) is 4.75. The van der Waals surface area contributed by atoms with Gasteiger partial charge in [-0.3, -0.25) is 19.3 Å². The molecular formula is C23H25NO7. The molecule has 8 heteroatoms. The second kappa shape index (κ2) is 8.63. The molecule has 1 fully saturated rings. The number of esters is 2. The van der Waals surface area contributed by atoms with Gasteiger partial charge in [-0.25, -0.2) is 4.79 Å². The van der Waals surface area contributed by atoms with Gasteiger partial charge in [-0.05, 0) is 44.4 Å². The third-order valence-corrected chi connectivity index (χ3v) is 6.11. The molecule has 1 aromatic rings. The van der Waals surface area contributed by atoms with Gasteiger partial charge in [0.15, 0.2) is 6.10 Å².